The van der Waals surface area contributed by atoms with Crippen molar-refractivity contribution in [1.82, 2.24) is 4.98 Å². The number of aromatic nitrogens is 1. The van der Waals surface area contributed by atoms with E-state index in [2.05, 4.69) is 10.3 Å². The molecule has 16 heavy (non-hydrogen) atoms. The van der Waals surface area contributed by atoms with Gasteiger partial charge in [-0.1, -0.05) is 24.3 Å². The maximum atomic E-state index is 12.8. The molecule has 0 aliphatic rings. The highest BCUT2D eigenvalue weighted by Crippen LogP contribution is 2.06. The number of hydrogen-bond acceptors (Lipinski definition) is 2. The van der Waals surface area contributed by atoms with Gasteiger partial charge in [-0.2, -0.15) is 4.39 Å². The van der Waals surface area contributed by atoms with Crippen LogP contribution in [0.25, 0.3) is 0 Å². The van der Waals surface area contributed by atoms with E-state index >= 15 is 0 Å². The number of anilines is 1. The highest BCUT2D eigenvalue weighted by atomic mass is 19.1. The summed E-state index contributed by atoms with van der Waals surface area (Å²) in [6.45, 7) is 0. The van der Waals surface area contributed by atoms with Crippen molar-refractivity contribution in [2.45, 2.75) is 0 Å². The number of halogens is 1. The standard InChI is InChI=1S/C12H9FN2O/c13-10-7-4-8-11(14-10)15-12(16)9-5-2-1-3-6-9/h1-8H,(H,14,15,16). The monoisotopic (exact) mass is 216 g/mol. The Balaban J connectivity index is 2.14. The van der Waals surface area contributed by atoms with E-state index in [-0.39, 0.29) is 11.7 Å². The first-order valence-electron chi connectivity index (χ1n) is 4.75. The van der Waals surface area contributed by atoms with Crippen molar-refractivity contribution < 1.29 is 9.18 Å². The first kappa shape index (κ1) is 10.3. The van der Waals surface area contributed by atoms with E-state index < -0.39 is 5.95 Å². The molecule has 0 radical (unpaired) electrons. The molecule has 0 unspecified atom stereocenters. The van der Waals surface area contributed by atoms with Gasteiger partial charge in [-0.25, -0.2) is 4.98 Å². The maximum Gasteiger partial charge on any atom is 0.256 e. The van der Waals surface area contributed by atoms with Gasteiger partial charge in [0.25, 0.3) is 5.91 Å². The molecule has 0 bridgehead atoms. The largest absolute Gasteiger partial charge is 0.306 e. The van der Waals surface area contributed by atoms with E-state index in [1.807, 2.05) is 6.07 Å². The number of hydrogen-bond donors (Lipinski definition) is 1. The number of nitrogens with one attached hydrogen (secondary N) is 1. The molecule has 0 saturated heterocycles. The summed E-state index contributed by atoms with van der Waals surface area (Å²) >= 11 is 0. The fourth-order valence-electron chi connectivity index (χ4n) is 1.26. The summed E-state index contributed by atoms with van der Waals surface area (Å²) in [5.74, 6) is -0.724. The Morgan fingerprint density at radius 1 is 1.06 bits per heavy atom. The Hall–Kier alpha value is -2.23. The van der Waals surface area contributed by atoms with Crippen molar-refractivity contribution in [1.29, 1.82) is 0 Å². The van der Waals surface area contributed by atoms with Crippen LogP contribution < -0.4 is 5.32 Å². The molecule has 1 aromatic heterocycles. The van der Waals surface area contributed by atoms with Crippen molar-refractivity contribution in [2.75, 3.05) is 5.32 Å². The lowest BCUT2D eigenvalue weighted by Crippen LogP contribution is -2.12. The third kappa shape index (κ3) is 2.42. The van der Waals surface area contributed by atoms with Crippen LogP contribution in [0, 0.1) is 5.95 Å². The van der Waals surface area contributed by atoms with Gasteiger partial charge in [0.05, 0.1) is 0 Å². The van der Waals surface area contributed by atoms with Crippen LogP contribution in [0.2, 0.25) is 0 Å². The minimum Gasteiger partial charge on any atom is -0.306 e. The van der Waals surface area contributed by atoms with Gasteiger partial charge in [0, 0.05) is 5.56 Å². The number of carbonyl (C=O) groups excluding carboxylic acids is 1. The average molecular weight is 216 g/mol. The number of carbonyl (C=O) groups is 1. The predicted octanol–water partition coefficient (Wildman–Crippen LogP) is 2.47. The average Bonchev–Trinajstić information content (AvgIpc) is 2.30. The highest BCUT2D eigenvalue weighted by molar-refractivity contribution is 6.03. The Bertz CT molecular complexity index is 499. The lowest BCUT2D eigenvalue weighted by atomic mass is 10.2. The van der Waals surface area contributed by atoms with Crippen LogP contribution in [0.15, 0.2) is 48.5 Å². The second kappa shape index (κ2) is 4.53. The number of rotatable bonds is 2. The van der Waals surface area contributed by atoms with E-state index in [1.54, 1.807) is 24.3 Å². The summed E-state index contributed by atoms with van der Waals surface area (Å²) in [4.78, 5) is 15.2. The van der Waals surface area contributed by atoms with Crippen molar-refractivity contribution >= 4 is 11.7 Å². The summed E-state index contributed by atoms with van der Waals surface area (Å²) in [6, 6.07) is 12.9. The fourth-order valence-corrected chi connectivity index (χ4v) is 1.26. The fraction of sp³-hybridized carbons (Fsp3) is 0. The molecular weight excluding hydrogens is 207 g/mol. The topological polar surface area (TPSA) is 42.0 Å². The third-order valence-electron chi connectivity index (χ3n) is 1.99. The summed E-state index contributed by atoms with van der Waals surface area (Å²) in [5.41, 5.74) is 0.508. The van der Waals surface area contributed by atoms with Crippen molar-refractivity contribution in [3.05, 3.63) is 60.0 Å². The first-order chi connectivity index (χ1) is 7.75. The molecule has 80 valence electrons. The molecule has 1 N–H and O–H groups in total. The molecule has 2 rings (SSSR count). The molecule has 0 atom stereocenters. The summed E-state index contributed by atoms with van der Waals surface area (Å²) in [6.07, 6.45) is 0. The number of amides is 1. The lowest BCUT2D eigenvalue weighted by molar-refractivity contribution is 0.102. The van der Waals surface area contributed by atoms with Crippen molar-refractivity contribution in [2.24, 2.45) is 0 Å². The molecule has 0 saturated carbocycles. The summed E-state index contributed by atoms with van der Waals surface area (Å²) in [5, 5.41) is 2.51. The Morgan fingerprint density at radius 3 is 2.50 bits per heavy atom. The molecule has 1 aromatic carbocycles. The van der Waals surface area contributed by atoms with E-state index in [4.69, 9.17) is 0 Å². The van der Waals surface area contributed by atoms with E-state index in [0.29, 0.717) is 5.56 Å². The highest BCUT2D eigenvalue weighted by Gasteiger charge is 2.05. The van der Waals surface area contributed by atoms with E-state index in [1.165, 1.54) is 18.2 Å². The van der Waals surface area contributed by atoms with Crippen LogP contribution in [-0.2, 0) is 0 Å². The Morgan fingerprint density at radius 2 is 1.81 bits per heavy atom. The molecule has 4 heteroatoms. The van der Waals surface area contributed by atoms with Crippen LogP contribution in [0.5, 0.6) is 0 Å². The van der Waals surface area contributed by atoms with Gasteiger partial charge in [0.1, 0.15) is 5.82 Å². The van der Waals surface area contributed by atoms with Crippen LogP contribution in [0.4, 0.5) is 10.2 Å². The molecule has 1 amide bonds. The van der Waals surface area contributed by atoms with Crippen LogP contribution in [0.3, 0.4) is 0 Å². The van der Waals surface area contributed by atoms with Crippen LogP contribution in [0.1, 0.15) is 10.4 Å². The summed E-state index contributed by atoms with van der Waals surface area (Å²) in [7, 11) is 0. The van der Waals surface area contributed by atoms with Gasteiger partial charge in [0.15, 0.2) is 0 Å². The van der Waals surface area contributed by atoms with E-state index in [9.17, 15) is 9.18 Å². The second-order valence-corrected chi connectivity index (χ2v) is 3.17. The molecule has 0 spiro atoms. The number of benzene rings is 1. The smallest absolute Gasteiger partial charge is 0.256 e. The van der Waals surface area contributed by atoms with Gasteiger partial charge in [0.2, 0.25) is 5.95 Å². The Kier molecular flexibility index (Phi) is 2.91. The number of pyridine rings is 1. The summed E-state index contributed by atoms with van der Waals surface area (Å²) < 4.78 is 12.8. The molecule has 1 heterocycles. The van der Waals surface area contributed by atoms with Gasteiger partial charge >= 0.3 is 0 Å². The molecule has 2 aromatic rings. The van der Waals surface area contributed by atoms with Crippen molar-refractivity contribution in [3.63, 3.8) is 0 Å². The predicted molar refractivity (Wildman–Crippen MR) is 58.6 cm³/mol. The SMILES string of the molecule is O=C(Nc1cccc(F)n1)c1ccccc1. The minimum atomic E-state index is -0.620. The second-order valence-electron chi connectivity index (χ2n) is 3.17. The normalized spacial score (nSPS) is 9.81. The zero-order valence-corrected chi connectivity index (χ0v) is 8.35. The molecule has 0 aliphatic heterocycles. The van der Waals surface area contributed by atoms with Gasteiger partial charge in [-0.15, -0.1) is 0 Å². The molecule has 0 fully saturated rings. The van der Waals surface area contributed by atoms with E-state index in [0.717, 1.165) is 0 Å². The van der Waals surface area contributed by atoms with Crippen LogP contribution >= 0.6 is 0 Å². The first-order valence-corrected chi connectivity index (χ1v) is 4.75. The van der Waals surface area contributed by atoms with Gasteiger partial charge in [-0.3, -0.25) is 4.79 Å². The van der Waals surface area contributed by atoms with Crippen LogP contribution in [-0.4, -0.2) is 10.9 Å². The maximum absolute atomic E-state index is 12.8. The molecule has 0 aliphatic carbocycles. The quantitative estimate of drug-likeness (QED) is 0.783. The van der Waals surface area contributed by atoms with Gasteiger partial charge < -0.3 is 5.32 Å². The zero-order chi connectivity index (χ0) is 11.4. The van der Waals surface area contributed by atoms with Crippen molar-refractivity contribution in [3.8, 4) is 0 Å². The molecular formula is C12H9FN2O. The zero-order valence-electron chi connectivity index (χ0n) is 8.35. The number of nitrogens with zero attached hydrogens (tertiary/aromatic N) is 1. The molecule has 3 nitrogen and oxygen atoms in total. The van der Waals surface area contributed by atoms with Gasteiger partial charge in [-0.05, 0) is 24.3 Å². The lowest BCUT2D eigenvalue weighted by Gasteiger charge is -2.03. The third-order valence-corrected chi connectivity index (χ3v) is 1.99. The Labute approximate surface area is 92.0 Å². The minimum absolute atomic E-state index is 0.203.